The Morgan fingerprint density at radius 3 is 2.13 bits per heavy atom. The highest BCUT2D eigenvalue weighted by atomic mass is 16.2. The molecule has 2 aliphatic rings. The third-order valence-corrected chi connectivity index (χ3v) is 6.80. The van der Waals surface area contributed by atoms with Gasteiger partial charge in [-0.05, 0) is 30.5 Å². The molecule has 0 aromatic heterocycles. The summed E-state index contributed by atoms with van der Waals surface area (Å²) in [6.45, 7) is 6.88. The van der Waals surface area contributed by atoms with E-state index in [1.165, 1.54) is 0 Å². The normalized spacial score (nSPS) is 18.3. The van der Waals surface area contributed by atoms with Crippen molar-refractivity contribution in [2.45, 2.75) is 44.9 Å². The molecule has 2 aromatic rings. The smallest absolute Gasteiger partial charge is 0.235 e. The van der Waals surface area contributed by atoms with Gasteiger partial charge >= 0.3 is 0 Å². The number of para-hydroxylation sites is 2. The monoisotopic (exact) mass is 419 g/mol. The molecule has 4 rings (SSSR count). The molecule has 1 heterocycles. The first-order valence-corrected chi connectivity index (χ1v) is 11.5. The van der Waals surface area contributed by atoms with Gasteiger partial charge in [-0.3, -0.25) is 9.59 Å². The number of rotatable bonds is 5. The maximum atomic E-state index is 13.6. The Kier molecular flexibility index (Phi) is 6.30. The molecular formula is C26H33N3O2. The summed E-state index contributed by atoms with van der Waals surface area (Å²) in [4.78, 5) is 30.2. The molecule has 1 aliphatic carbocycles. The van der Waals surface area contributed by atoms with Gasteiger partial charge in [-0.2, -0.15) is 0 Å². The predicted molar refractivity (Wildman–Crippen MR) is 125 cm³/mol. The standard InChI is InChI=1S/C26H33N3O2/c1-20(2)24(30)29-18-16-28(17-19-29)23-13-7-6-12-22(23)27-25(31)26(14-8-9-15-26)21-10-4-3-5-11-21/h3-7,10-13,20H,8-9,14-19H2,1-2H3,(H,27,31). The van der Waals surface area contributed by atoms with Gasteiger partial charge in [0.2, 0.25) is 11.8 Å². The van der Waals surface area contributed by atoms with E-state index in [1.54, 1.807) is 0 Å². The van der Waals surface area contributed by atoms with E-state index in [2.05, 4.69) is 28.4 Å². The van der Waals surface area contributed by atoms with Gasteiger partial charge in [0.25, 0.3) is 0 Å². The number of hydrogen-bond donors (Lipinski definition) is 1. The number of carbonyl (C=O) groups is 2. The number of carbonyl (C=O) groups excluding carboxylic acids is 2. The fourth-order valence-corrected chi connectivity index (χ4v) is 5.01. The van der Waals surface area contributed by atoms with E-state index >= 15 is 0 Å². The molecule has 5 heteroatoms. The minimum absolute atomic E-state index is 0.0266. The van der Waals surface area contributed by atoms with Crippen LogP contribution in [0.5, 0.6) is 0 Å². The van der Waals surface area contributed by atoms with Crippen LogP contribution in [0.1, 0.15) is 45.1 Å². The van der Waals surface area contributed by atoms with E-state index in [0.29, 0.717) is 13.1 Å². The van der Waals surface area contributed by atoms with Crippen LogP contribution in [0.2, 0.25) is 0 Å². The van der Waals surface area contributed by atoms with Crippen molar-refractivity contribution in [2.24, 2.45) is 5.92 Å². The lowest BCUT2D eigenvalue weighted by molar-refractivity contribution is -0.134. The van der Waals surface area contributed by atoms with Crippen molar-refractivity contribution in [1.29, 1.82) is 0 Å². The Balaban J connectivity index is 1.52. The van der Waals surface area contributed by atoms with Gasteiger partial charge in [0.15, 0.2) is 0 Å². The maximum Gasteiger partial charge on any atom is 0.235 e. The van der Waals surface area contributed by atoms with Crippen molar-refractivity contribution in [3.63, 3.8) is 0 Å². The summed E-state index contributed by atoms with van der Waals surface area (Å²) in [6.07, 6.45) is 3.94. The Bertz CT molecular complexity index is 911. The summed E-state index contributed by atoms with van der Waals surface area (Å²) in [6, 6.07) is 18.3. The van der Waals surface area contributed by atoms with Crippen LogP contribution in [0, 0.1) is 5.92 Å². The van der Waals surface area contributed by atoms with Crippen molar-refractivity contribution < 1.29 is 9.59 Å². The van der Waals surface area contributed by atoms with Gasteiger partial charge in [-0.15, -0.1) is 0 Å². The summed E-state index contributed by atoms with van der Waals surface area (Å²) >= 11 is 0. The van der Waals surface area contributed by atoms with E-state index in [1.807, 2.05) is 55.1 Å². The summed E-state index contributed by atoms with van der Waals surface area (Å²) in [7, 11) is 0. The first kappa shape index (κ1) is 21.4. The van der Waals surface area contributed by atoms with Crippen molar-refractivity contribution >= 4 is 23.2 Å². The molecule has 0 bridgehead atoms. The van der Waals surface area contributed by atoms with Crippen LogP contribution in [0.15, 0.2) is 54.6 Å². The number of anilines is 2. The fraction of sp³-hybridized carbons (Fsp3) is 0.462. The fourth-order valence-electron chi connectivity index (χ4n) is 5.01. The summed E-state index contributed by atoms with van der Waals surface area (Å²) in [5.41, 5.74) is 2.56. The van der Waals surface area contributed by atoms with Gasteiger partial charge in [0.1, 0.15) is 0 Å². The van der Waals surface area contributed by atoms with Crippen molar-refractivity contribution in [1.82, 2.24) is 4.90 Å². The molecule has 5 nitrogen and oxygen atoms in total. The number of piperazine rings is 1. The Hall–Kier alpha value is -2.82. The zero-order chi connectivity index (χ0) is 21.8. The zero-order valence-electron chi connectivity index (χ0n) is 18.6. The Morgan fingerprint density at radius 1 is 0.871 bits per heavy atom. The molecule has 2 amide bonds. The molecule has 0 unspecified atom stereocenters. The topological polar surface area (TPSA) is 52.7 Å². The van der Waals surface area contributed by atoms with E-state index in [4.69, 9.17) is 0 Å². The highest BCUT2D eigenvalue weighted by Crippen LogP contribution is 2.42. The van der Waals surface area contributed by atoms with Gasteiger partial charge in [0.05, 0.1) is 16.8 Å². The molecule has 0 radical (unpaired) electrons. The number of amides is 2. The minimum atomic E-state index is -0.448. The predicted octanol–water partition coefficient (Wildman–Crippen LogP) is 4.44. The molecule has 2 aromatic carbocycles. The van der Waals surface area contributed by atoms with Gasteiger partial charge < -0.3 is 15.1 Å². The van der Waals surface area contributed by atoms with Gasteiger partial charge in [-0.1, -0.05) is 69.2 Å². The molecule has 1 saturated carbocycles. The summed E-state index contributed by atoms with van der Waals surface area (Å²) in [5.74, 6) is 0.336. The van der Waals surface area contributed by atoms with Crippen molar-refractivity contribution in [2.75, 3.05) is 36.4 Å². The van der Waals surface area contributed by atoms with Crippen LogP contribution in [0.3, 0.4) is 0 Å². The average Bonchev–Trinajstić information content (AvgIpc) is 3.31. The van der Waals surface area contributed by atoms with Crippen LogP contribution in [0.25, 0.3) is 0 Å². The lowest BCUT2D eigenvalue weighted by atomic mass is 9.78. The molecule has 2 fully saturated rings. The van der Waals surface area contributed by atoms with E-state index in [0.717, 1.165) is 55.7 Å². The number of hydrogen-bond acceptors (Lipinski definition) is 3. The molecule has 1 saturated heterocycles. The van der Waals surface area contributed by atoms with Crippen LogP contribution in [-0.2, 0) is 15.0 Å². The molecule has 1 N–H and O–H groups in total. The second-order valence-corrected chi connectivity index (χ2v) is 9.09. The second kappa shape index (κ2) is 9.13. The quantitative estimate of drug-likeness (QED) is 0.779. The van der Waals surface area contributed by atoms with Crippen molar-refractivity contribution in [3.05, 3.63) is 60.2 Å². The van der Waals surface area contributed by atoms with Crippen LogP contribution in [0.4, 0.5) is 11.4 Å². The Labute approximate surface area is 185 Å². The van der Waals surface area contributed by atoms with Crippen molar-refractivity contribution in [3.8, 4) is 0 Å². The van der Waals surface area contributed by atoms with Gasteiger partial charge in [0, 0.05) is 32.1 Å². The molecule has 0 atom stereocenters. The molecule has 164 valence electrons. The third kappa shape index (κ3) is 4.32. The number of nitrogens with one attached hydrogen (secondary N) is 1. The second-order valence-electron chi connectivity index (χ2n) is 9.09. The molecule has 1 aliphatic heterocycles. The first-order chi connectivity index (χ1) is 15.0. The minimum Gasteiger partial charge on any atom is -0.366 e. The molecular weight excluding hydrogens is 386 g/mol. The van der Waals surface area contributed by atoms with E-state index in [-0.39, 0.29) is 17.7 Å². The number of benzene rings is 2. The van der Waals surface area contributed by atoms with Crippen LogP contribution in [-0.4, -0.2) is 42.9 Å². The van der Waals surface area contributed by atoms with Gasteiger partial charge in [-0.25, -0.2) is 0 Å². The SMILES string of the molecule is CC(C)C(=O)N1CCN(c2ccccc2NC(=O)C2(c3ccccc3)CCCC2)CC1. The number of nitrogens with zero attached hydrogens (tertiary/aromatic N) is 2. The molecule has 0 spiro atoms. The largest absolute Gasteiger partial charge is 0.366 e. The van der Waals surface area contributed by atoms with Crippen LogP contribution >= 0.6 is 0 Å². The van der Waals surface area contributed by atoms with E-state index < -0.39 is 5.41 Å². The third-order valence-electron chi connectivity index (χ3n) is 6.80. The summed E-state index contributed by atoms with van der Waals surface area (Å²) in [5, 5.41) is 3.28. The lowest BCUT2D eigenvalue weighted by Crippen LogP contribution is -2.50. The van der Waals surface area contributed by atoms with E-state index in [9.17, 15) is 9.59 Å². The Morgan fingerprint density at radius 2 is 1.48 bits per heavy atom. The zero-order valence-corrected chi connectivity index (χ0v) is 18.6. The highest BCUT2D eigenvalue weighted by molar-refractivity contribution is 6.01. The van der Waals surface area contributed by atoms with Crippen LogP contribution < -0.4 is 10.2 Å². The average molecular weight is 420 g/mol. The maximum absolute atomic E-state index is 13.6. The first-order valence-electron chi connectivity index (χ1n) is 11.5. The lowest BCUT2D eigenvalue weighted by Gasteiger charge is -2.38. The molecule has 31 heavy (non-hydrogen) atoms. The highest BCUT2D eigenvalue weighted by Gasteiger charge is 2.42. The summed E-state index contributed by atoms with van der Waals surface area (Å²) < 4.78 is 0.